The van der Waals surface area contributed by atoms with E-state index in [0.29, 0.717) is 11.8 Å². The Kier molecular flexibility index (Phi) is 3.21. The van der Waals surface area contributed by atoms with Crippen molar-refractivity contribution in [3.05, 3.63) is 29.8 Å². The van der Waals surface area contributed by atoms with Gasteiger partial charge in [-0.2, -0.15) is 8.42 Å². The molecule has 15 heavy (non-hydrogen) atoms. The van der Waals surface area contributed by atoms with Gasteiger partial charge in [-0.25, -0.2) is 0 Å². The Balaban J connectivity index is 2.91. The fourth-order valence-corrected chi connectivity index (χ4v) is 1.39. The van der Waals surface area contributed by atoms with E-state index in [9.17, 15) is 13.2 Å². The van der Waals surface area contributed by atoms with Gasteiger partial charge in [-0.05, 0) is 24.3 Å². The molecule has 0 aromatic heterocycles. The second-order valence-corrected chi connectivity index (χ2v) is 4.40. The molecule has 0 spiro atoms. The quantitative estimate of drug-likeness (QED) is 0.469. The zero-order valence-corrected chi connectivity index (χ0v) is 8.74. The van der Waals surface area contributed by atoms with Crippen molar-refractivity contribution in [1.29, 1.82) is 5.41 Å². The number of rotatable bonds is 4. The van der Waals surface area contributed by atoms with Crippen LogP contribution in [0.3, 0.4) is 0 Å². The van der Waals surface area contributed by atoms with Gasteiger partial charge in [0.1, 0.15) is 5.75 Å². The fourth-order valence-electron chi connectivity index (χ4n) is 0.933. The van der Waals surface area contributed by atoms with E-state index in [2.05, 4.69) is 4.18 Å². The monoisotopic (exact) mass is 227 g/mol. The highest BCUT2D eigenvalue weighted by Crippen LogP contribution is 2.13. The van der Waals surface area contributed by atoms with E-state index in [4.69, 9.17) is 5.41 Å². The number of carbonyl (C=O) groups is 1. The van der Waals surface area contributed by atoms with Gasteiger partial charge in [-0.1, -0.05) is 0 Å². The Morgan fingerprint density at radius 2 is 1.87 bits per heavy atom. The summed E-state index contributed by atoms with van der Waals surface area (Å²) >= 11 is 0. The molecule has 0 unspecified atom stereocenters. The van der Waals surface area contributed by atoms with Crippen molar-refractivity contribution in [2.24, 2.45) is 0 Å². The van der Waals surface area contributed by atoms with E-state index in [0.717, 1.165) is 6.26 Å². The lowest BCUT2D eigenvalue weighted by Gasteiger charge is -2.02. The first-order chi connectivity index (χ1) is 6.92. The van der Waals surface area contributed by atoms with Crippen LogP contribution < -0.4 is 4.18 Å². The molecule has 0 aliphatic rings. The number of hydrogen-bond acceptors (Lipinski definition) is 5. The van der Waals surface area contributed by atoms with E-state index in [1.165, 1.54) is 24.3 Å². The van der Waals surface area contributed by atoms with E-state index < -0.39 is 15.9 Å². The Bertz CT molecular complexity index is 475. The molecule has 80 valence electrons. The first-order valence-corrected chi connectivity index (χ1v) is 5.78. The van der Waals surface area contributed by atoms with E-state index >= 15 is 0 Å². The van der Waals surface area contributed by atoms with Crippen molar-refractivity contribution >= 4 is 22.1 Å². The normalized spacial score (nSPS) is 10.7. The third kappa shape index (κ3) is 3.51. The number of benzene rings is 1. The molecule has 0 saturated carbocycles. The van der Waals surface area contributed by atoms with Crippen LogP contribution >= 0.6 is 0 Å². The highest BCUT2D eigenvalue weighted by Gasteiger charge is 2.05. The maximum atomic E-state index is 11.0. The van der Waals surface area contributed by atoms with Crippen LogP contribution in [0.1, 0.15) is 10.4 Å². The Labute approximate surface area is 87.3 Å². The lowest BCUT2D eigenvalue weighted by molar-refractivity contribution is 0.107. The molecule has 0 aliphatic heterocycles. The third-order valence-corrected chi connectivity index (χ3v) is 2.01. The zero-order valence-electron chi connectivity index (χ0n) is 7.93. The zero-order chi connectivity index (χ0) is 11.5. The molecule has 6 heteroatoms. The van der Waals surface area contributed by atoms with Gasteiger partial charge in [0.15, 0.2) is 0 Å². The van der Waals surface area contributed by atoms with Crippen molar-refractivity contribution in [2.45, 2.75) is 0 Å². The molecule has 0 heterocycles. The second-order valence-electron chi connectivity index (χ2n) is 2.82. The van der Waals surface area contributed by atoms with Gasteiger partial charge in [0.25, 0.3) is 0 Å². The summed E-state index contributed by atoms with van der Waals surface area (Å²) in [6, 6.07) is 5.51. The average Bonchev–Trinajstić information content (AvgIpc) is 2.15. The van der Waals surface area contributed by atoms with E-state index in [1.54, 1.807) is 0 Å². The first-order valence-electron chi connectivity index (χ1n) is 3.97. The highest BCUT2D eigenvalue weighted by atomic mass is 32.2. The molecule has 0 saturated heterocycles. The van der Waals surface area contributed by atoms with Crippen LogP contribution in [0.25, 0.3) is 0 Å². The average molecular weight is 227 g/mol. The predicted octanol–water partition coefficient (Wildman–Crippen LogP) is 0.857. The summed E-state index contributed by atoms with van der Waals surface area (Å²) < 4.78 is 26.1. The van der Waals surface area contributed by atoms with Crippen molar-refractivity contribution in [2.75, 3.05) is 6.26 Å². The van der Waals surface area contributed by atoms with Crippen LogP contribution in [0.2, 0.25) is 0 Å². The van der Waals surface area contributed by atoms with Crippen molar-refractivity contribution < 1.29 is 17.4 Å². The SMILES string of the molecule is CS(=O)(=O)Oc1ccc(C(=O)C=N)cc1. The molecule has 1 rings (SSSR count). The molecule has 0 atom stereocenters. The molecular formula is C9H9NO4S. The minimum Gasteiger partial charge on any atom is -0.383 e. The number of nitrogens with one attached hydrogen (secondary N) is 1. The number of carbonyl (C=O) groups excluding carboxylic acids is 1. The standard InChI is InChI=1S/C9H9NO4S/c1-15(12,13)14-8-4-2-7(3-5-8)9(11)6-10/h2-6,10H,1H3. The molecule has 0 radical (unpaired) electrons. The molecule has 0 bridgehead atoms. The van der Waals surface area contributed by atoms with Gasteiger partial charge in [-0.3, -0.25) is 4.79 Å². The minimum atomic E-state index is -3.55. The summed E-state index contributed by atoms with van der Waals surface area (Å²) in [5, 5.41) is 6.74. The van der Waals surface area contributed by atoms with Gasteiger partial charge >= 0.3 is 10.1 Å². The van der Waals surface area contributed by atoms with Crippen LogP contribution in [0.4, 0.5) is 0 Å². The van der Waals surface area contributed by atoms with Crippen LogP contribution in [-0.4, -0.2) is 26.7 Å². The first kappa shape index (κ1) is 11.4. The number of Topliss-reactive ketones (excluding diaryl/α,β-unsaturated/α-hetero) is 1. The van der Waals surface area contributed by atoms with Crippen molar-refractivity contribution in [3.63, 3.8) is 0 Å². The molecule has 0 amide bonds. The van der Waals surface area contributed by atoms with Gasteiger partial charge < -0.3 is 9.59 Å². The van der Waals surface area contributed by atoms with Crippen LogP contribution in [0.5, 0.6) is 5.75 Å². The molecular weight excluding hydrogens is 218 g/mol. The van der Waals surface area contributed by atoms with Crippen LogP contribution in [0, 0.1) is 5.41 Å². The Hall–Kier alpha value is -1.69. The van der Waals surface area contributed by atoms with Gasteiger partial charge in [0.05, 0.1) is 12.5 Å². The summed E-state index contributed by atoms with van der Waals surface area (Å²) in [6.45, 7) is 0. The van der Waals surface area contributed by atoms with Gasteiger partial charge in [0, 0.05) is 5.56 Å². The maximum Gasteiger partial charge on any atom is 0.306 e. The predicted molar refractivity (Wildman–Crippen MR) is 55.0 cm³/mol. The maximum absolute atomic E-state index is 11.0. The number of hydrogen-bond donors (Lipinski definition) is 1. The minimum absolute atomic E-state index is 0.138. The van der Waals surface area contributed by atoms with E-state index in [-0.39, 0.29) is 5.75 Å². The molecule has 5 nitrogen and oxygen atoms in total. The highest BCUT2D eigenvalue weighted by molar-refractivity contribution is 7.86. The third-order valence-electron chi connectivity index (χ3n) is 1.52. The van der Waals surface area contributed by atoms with Gasteiger partial charge in [-0.15, -0.1) is 0 Å². The fraction of sp³-hybridized carbons (Fsp3) is 0.111. The summed E-state index contributed by atoms with van der Waals surface area (Å²) in [5.41, 5.74) is 0.311. The number of ketones is 1. The summed E-state index contributed by atoms with van der Waals surface area (Å²) in [5.74, 6) is -0.306. The topological polar surface area (TPSA) is 84.3 Å². The molecule has 1 aromatic rings. The smallest absolute Gasteiger partial charge is 0.306 e. The molecule has 0 aliphatic carbocycles. The summed E-state index contributed by atoms with van der Waals surface area (Å²) in [4.78, 5) is 11.0. The van der Waals surface area contributed by atoms with Gasteiger partial charge in [0.2, 0.25) is 5.78 Å². The summed E-state index contributed by atoms with van der Waals surface area (Å²) in [6.07, 6.45) is 1.62. The lowest BCUT2D eigenvalue weighted by atomic mass is 10.1. The Morgan fingerprint density at radius 1 is 1.33 bits per heavy atom. The summed E-state index contributed by atoms with van der Waals surface area (Å²) in [7, 11) is -3.55. The lowest BCUT2D eigenvalue weighted by Crippen LogP contribution is -2.06. The molecule has 1 aromatic carbocycles. The van der Waals surface area contributed by atoms with Crippen LogP contribution in [0.15, 0.2) is 24.3 Å². The van der Waals surface area contributed by atoms with E-state index in [1.807, 2.05) is 0 Å². The van der Waals surface area contributed by atoms with Crippen molar-refractivity contribution in [1.82, 2.24) is 0 Å². The Morgan fingerprint density at radius 3 is 2.27 bits per heavy atom. The largest absolute Gasteiger partial charge is 0.383 e. The van der Waals surface area contributed by atoms with Crippen LogP contribution in [-0.2, 0) is 10.1 Å². The molecule has 1 N–H and O–H groups in total. The molecule has 0 fully saturated rings. The van der Waals surface area contributed by atoms with Crippen molar-refractivity contribution in [3.8, 4) is 5.75 Å². The second kappa shape index (κ2) is 4.22.